The first kappa shape index (κ1) is 21.2. The van der Waals surface area contributed by atoms with Crippen LogP contribution in [0.1, 0.15) is 39.2 Å². The van der Waals surface area contributed by atoms with Crippen LogP contribution in [0.5, 0.6) is 5.75 Å². The van der Waals surface area contributed by atoms with Gasteiger partial charge in [0.2, 0.25) is 0 Å². The molecular weight excluding hydrogens is 382 g/mol. The Morgan fingerprint density at radius 3 is 2.28 bits per heavy atom. The van der Waals surface area contributed by atoms with Gasteiger partial charge in [-0.05, 0) is 42.2 Å². The number of carbonyl (C=O) groups excluding carboxylic acids is 2. The van der Waals surface area contributed by atoms with Crippen LogP contribution in [0.3, 0.4) is 0 Å². The Balaban J connectivity index is 1.93. The molecule has 0 saturated carbocycles. The summed E-state index contributed by atoms with van der Waals surface area (Å²) in [5.74, 6) is 0.789. The smallest absolute Gasteiger partial charge is 0.268 e. The second-order valence-electron chi connectivity index (χ2n) is 7.46. The first-order valence-electron chi connectivity index (χ1n) is 10.1. The number of benzene rings is 2. The predicted octanol–water partition coefficient (Wildman–Crippen LogP) is 5.39. The zero-order valence-corrected chi connectivity index (χ0v) is 18.0. The van der Waals surface area contributed by atoms with E-state index in [2.05, 4.69) is 20.8 Å². The molecule has 0 aromatic heterocycles. The van der Waals surface area contributed by atoms with E-state index in [1.54, 1.807) is 0 Å². The largest absolute Gasteiger partial charge is 0.493 e. The van der Waals surface area contributed by atoms with E-state index in [-0.39, 0.29) is 11.8 Å². The molecule has 0 unspecified atom stereocenters. The lowest BCUT2D eigenvalue weighted by molar-refractivity contribution is -0.136. The van der Waals surface area contributed by atoms with Gasteiger partial charge in [0, 0.05) is 11.4 Å². The molecule has 0 aliphatic carbocycles. The minimum Gasteiger partial charge on any atom is -0.493 e. The van der Waals surface area contributed by atoms with Gasteiger partial charge in [-0.1, -0.05) is 69.3 Å². The Morgan fingerprint density at radius 2 is 1.66 bits per heavy atom. The average molecular weight is 410 g/mol. The van der Waals surface area contributed by atoms with Gasteiger partial charge in [-0.25, -0.2) is 0 Å². The van der Waals surface area contributed by atoms with Crippen molar-refractivity contribution in [2.45, 2.75) is 38.5 Å². The number of thioether (sulfide) groups is 1. The zero-order chi connectivity index (χ0) is 20.8. The molecule has 1 aliphatic heterocycles. The number of unbranched alkanes of at least 4 members (excludes halogenated alkanes) is 1. The van der Waals surface area contributed by atoms with E-state index < -0.39 is 0 Å². The molecule has 1 heterocycles. The number of hydrogen-bond donors (Lipinski definition) is 0. The molecule has 0 atom stereocenters. The monoisotopic (exact) mass is 409 g/mol. The lowest BCUT2D eigenvalue weighted by Gasteiger charge is -2.14. The van der Waals surface area contributed by atoms with Crippen molar-refractivity contribution in [1.29, 1.82) is 0 Å². The van der Waals surface area contributed by atoms with Crippen molar-refractivity contribution in [2.75, 3.05) is 13.2 Å². The number of hydrogen-bond acceptors (Lipinski definition) is 4. The summed E-state index contributed by atoms with van der Waals surface area (Å²) in [6, 6.07) is 17.2. The van der Waals surface area contributed by atoms with E-state index >= 15 is 0 Å². The standard InChI is InChI=1S/C24H27NO3S/c1-4-5-15-25-23(26)21(18-11-13-19(14-12-18)28-16-17(2)3)22(24(25)27)29-20-9-7-6-8-10-20/h6-14,17H,4-5,15-16H2,1-3H3. The SMILES string of the molecule is CCCCN1C(=O)C(Sc2ccccc2)=C(c2ccc(OCC(C)C)cc2)C1=O. The molecule has 2 amide bonds. The first-order valence-corrected chi connectivity index (χ1v) is 10.9. The highest BCUT2D eigenvalue weighted by Gasteiger charge is 2.38. The number of ether oxygens (including phenoxy) is 1. The van der Waals surface area contributed by atoms with Gasteiger partial charge in [-0.2, -0.15) is 0 Å². The summed E-state index contributed by atoms with van der Waals surface area (Å²) in [6.07, 6.45) is 1.73. The van der Waals surface area contributed by atoms with Crippen LogP contribution in [0.15, 0.2) is 64.4 Å². The molecule has 0 saturated heterocycles. The van der Waals surface area contributed by atoms with Crippen LogP contribution >= 0.6 is 11.8 Å². The van der Waals surface area contributed by atoms with Crippen LogP contribution in [0.4, 0.5) is 0 Å². The van der Waals surface area contributed by atoms with Gasteiger partial charge in [-0.15, -0.1) is 0 Å². The maximum atomic E-state index is 13.1. The molecule has 2 aromatic rings. The molecule has 0 fully saturated rings. The molecule has 5 heteroatoms. The second kappa shape index (κ2) is 9.79. The van der Waals surface area contributed by atoms with Crippen LogP contribution in [0.2, 0.25) is 0 Å². The van der Waals surface area contributed by atoms with Crippen molar-refractivity contribution in [3.05, 3.63) is 65.1 Å². The lowest BCUT2D eigenvalue weighted by atomic mass is 10.1. The molecular formula is C24H27NO3S. The van der Waals surface area contributed by atoms with E-state index in [4.69, 9.17) is 4.74 Å². The zero-order valence-electron chi connectivity index (χ0n) is 17.2. The third-order valence-corrected chi connectivity index (χ3v) is 5.64. The lowest BCUT2D eigenvalue weighted by Crippen LogP contribution is -2.32. The fraction of sp³-hybridized carbons (Fsp3) is 0.333. The highest BCUT2D eigenvalue weighted by atomic mass is 32.2. The summed E-state index contributed by atoms with van der Waals surface area (Å²) in [5.41, 5.74) is 1.23. The van der Waals surface area contributed by atoms with Crippen molar-refractivity contribution in [1.82, 2.24) is 4.90 Å². The fourth-order valence-corrected chi connectivity index (χ4v) is 4.04. The van der Waals surface area contributed by atoms with E-state index in [0.717, 1.165) is 29.1 Å². The molecule has 0 N–H and O–H groups in total. The third kappa shape index (κ3) is 5.10. The average Bonchev–Trinajstić information content (AvgIpc) is 2.95. The van der Waals surface area contributed by atoms with Gasteiger partial charge in [0.15, 0.2) is 0 Å². The minimum atomic E-state index is -0.210. The molecule has 2 aromatic carbocycles. The van der Waals surface area contributed by atoms with E-state index in [1.807, 2.05) is 54.6 Å². The molecule has 152 valence electrons. The van der Waals surface area contributed by atoms with E-state index in [0.29, 0.717) is 29.5 Å². The van der Waals surface area contributed by atoms with Crippen molar-refractivity contribution >= 4 is 29.1 Å². The molecule has 0 radical (unpaired) electrons. The van der Waals surface area contributed by atoms with Crippen molar-refractivity contribution in [2.24, 2.45) is 5.92 Å². The highest BCUT2D eigenvalue weighted by Crippen LogP contribution is 2.40. The van der Waals surface area contributed by atoms with Crippen LogP contribution in [-0.2, 0) is 9.59 Å². The number of nitrogens with zero attached hydrogens (tertiary/aromatic N) is 1. The number of amides is 2. The predicted molar refractivity (Wildman–Crippen MR) is 118 cm³/mol. The van der Waals surface area contributed by atoms with Gasteiger partial charge < -0.3 is 4.74 Å². The molecule has 0 bridgehead atoms. The van der Waals surface area contributed by atoms with Gasteiger partial charge in [0.05, 0.1) is 17.1 Å². The molecule has 1 aliphatic rings. The van der Waals surface area contributed by atoms with Crippen LogP contribution < -0.4 is 4.74 Å². The van der Waals surface area contributed by atoms with E-state index in [1.165, 1.54) is 16.7 Å². The van der Waals surface area contributed by atoms with E-state index in [9.17, 15) is 9.59 Å². The number of rotatable bonds is 9. The first-order chi connectivity index (χ1) is 14.0. The summed E-state index contributed by atoms with van der Waals surface area (Å²) < 4.78 is 5.75. The highest BCUT2D eigenvalue weighted by molar-refractivity contribution is 8.04. The number of imide groups is 1. The maximum absolute atomic E-state index is 13.1. The summed E-state index contributed by atoms with van der Waals surface area (Å²) >= 11 is 1.36. The van der Waals surface area contributed by atoms with Gasteiger partial charge in [0.25, 0.3) is 11.8 Å². The Bertz CT molecular complexity index is 888. The Morgan fingerprint density at radius 1 is 0.966 bits per heavy atom. The normalized spacial score (nSPS) is 14.3. The van der Waals surface area contributed by atoms with Crippen molar-refractivity contribution < 1.29 is 14.3 Å². The Labute approximate surface area is 176 Å². The quantitative estimate of drug-likeness (QED) is 0.521. The van der Waals surface area contributed by atoms with Crippen LogP contribution in [0, 0.1) is 5.92 Å². The Kier molecular flexibility index (Phi) is 7.15. The summed E-state index contributed by atoms with van der Waals surface area (Å²) in [7, 11) is 0. The van der Waals surface area contributed by atoms with Crippen LogP contribution in [0.25, 0.3) is 5.57 Å². The molecule has 4 nitrogen and oxygen atoms in total. The fourth-order valence-electron chi connectivity index (χ4n) is 3.01. The maximum Gasteiger partial charge on any atom is 0.268 e. The summed E-state index contributed by atoms with van der Waals surface area (Å²) in [5, 5.41) is 0. The molecule has 0 spiro atoms. The van der Waals surface area contributed by atoms with Gasteiger partial charge in [-0.3, -0.25) is 14.5 Å². The second-order valence-corrected chi connectivity index (χ2v) is 8.55. The van der Waals surface area contributed by atoms with Gasteiger partial charge >= 0.3 is 0 Å². The number of carbonyl (C=O) groups is 2. The minimum absolute atomic E-state index is 0.201. The summed E-state index contributed by atoms with van der Waals surface area (Å²) in [6.45, 7) is 7.33. The molecule has 29 heavy (non-hydrogen) atoms. The third-order valence-electron chi connectivity index (χ3n) is 4.55. The van der Waals surface area contributed by atoms with Crippen molar-refractivity contribution in [3.63, 3.8) is 0 Å². The van der Waals surface area contributed by atoms with Crippen molar-refractivity contribution in [3.8, 4) is 5.75 Å². The van der Waals surface area contributed by atoms with Gasteiger partial charge in [0.1, 0.15) is 5.75 Å². The summed E-state index contributed by atoms with van der Waals surface area (Å²) in [4.78, 5) is 29.0. The topological polar surface area (TPSA) is 46.6 Å². The molecule has 3 rings (SSSR count). The Hall–Kier alpha value is -2.53. The van der Waals surface area contributed by atoms with Crippen LogP contribution in [-0.4, -0.2) is 29.9 Å².